The molecule has 0 saturated heterocycles. The summed E-state index contributed by atoms with van der Waals surface area (Å²) in [4.78, 5) is 12.2. The molecule has 3 aromatic rings. The standard InChI is InChI=1S/C15H15N3O4/c1-8-11-5-4-10(20-3)6-12(11)22-14(8)15(19)16-7-13-18-17-9(2)21-13/h4-6H,7H2,1-3H3,(H,16,19). The minimum Gasteiger partial charge on any atom is -0.497 e. The molecule has 22 heavy (non-hydrogen) atoms. The van der Waals surface area contributed by atoms with Crippen LogP contribution in [0.15, 0.2) is 27.0 Å². The van der Waals surface area contributed by atoms with Crippen molar-refractivity contribution in [2.45, 2.75) is 20.4 Å². The summed E-state index contributed by atoms with van der Waals surface area (Å²) in [5.41, 5.74) is 1.38. The predicted molar refractivity (Wildman–Crippen MR) is 77.7 cm³/mol. The molecule has 3 rings (SSSR count). The van der Waals surface area contributed by atoms with Crippen molar-refractivity contribution in [1.29, 1.82) is 0 Å². The van der Waals surface area contributed by atoms with Crippen LogP contribution in [-0.2, 0) is 6.54 Å². The molecule has 1 aromatic carbocycles. The Bertz CT molecular complexity index is 835. The molecule has 1 amide bonds. The van der Waals surface area contributed by atoms with Crippen molar-refractivity contribution in [2.24, 2.45) is 0 Å². The Hall–Kier alpha value is -2.83. The Kier molecular flexibility index (Phi) is 3.54. The van der Waals surface area contributed by atoms with Gasteiger partial charge in [0, 0.05) is 23.9 Å². The van der Waals surface area contributed by atoms with Crippen LogP contribution in [0.3, 0.4) is 0 Å². The van der Waals surface area contributed by atoms with Gasteiger partial charge >= 0.3 is 0 Å². The van der Waals surface area contributed by atoms with E-state index >= 15 is 0 Å². The molecule has 0 unspecified atom stereocenters. The van der Waals surface area contributed by atoms with Crippen LogP contribution >= 0.6 is 0 Å². The van der Waals surface area contributed by atoms with Gasteiger partial charge in [-0.3, -0.25) is 4.79 Å². The summed E-state index contributed by atoms with van der Waals surface area (Å²) in [5, 5.41) is 11.1. The summed E-state index contributed by atoms with van der Waals surface area (Å²) >= 11 is 0. The van der Waals surface area contributed by atoms with Crippen LogP contribution in [0, 0.1) is 13.8 Å². The highest BCUT2D eigenvalue weighted by molar-refractivity contribution is 5.99. The van der Waals surface area contributed by atoms with Crippen molar-refractivity contribution >= 4 is 16.9 Å². The van der Waals surface area contributed by atoms with Crippen molar-refractivity contribution in [1.82, 2.24) is 15.5 Å². The number of ether oxygens (including phenoxy) is 1. The van der Waals surface area contributed by atoms with E-state index in [4.69, 9.17) is 13.6 Å². The van der Waals surface area contributed by atoms with E-state index in [1.807, 2.05) is 19.1 Å². The number of methoxy groups -OCH3 is 1. The summed E-state index contributed by atoms with van der Waals surface area (Å²) in [6.07, 6.45) is 0. The maximum absolute atomic E-state index is 12.2. The number of carbonyl (C=O) groups is 1. The summed E-state index contributed by atoms with van der Waals surface area (Å²) < 4.78 is 16.0. The van der Waals surface area contributed by atoms with E-state index in [9.17, 15) is 4.79 Å². The number of amides is 1. The minimum absolute atomic E-state index is 0.152. The van der Waals surface area contributed by atoms with E-state index < -0.39 is 0 Å². The summed E-state index contributed by atoms with van der Waals surface area (Å²) in [6, 6.07) is 5.44. The van der Waals surface area contributed by atoms with Crippen LogP contribution in [0.5, 0.6) is 5.75 Å². The number of aromatic nitrogens is 2. The molecule has 0 radical (unpaired) electrons. The van der Waals surface area contributed by atoms with Crippen molar-refractivity contribution in [3.63, 3.8) is 0 Å². The van der Waals surface area contributed by atoms with E-state index in [0.717, 1.165) is 10.9 Å². The number of hydrogen-bond donors (Lipinski definition) is 1. The molecular formula is C15H15N3O4. The van der Waals surface area contributed by atoms with Crippen LogP contribution in [0.4, 0.5) is 0 Å². The van der Waals surface area contributed by atoms with Crippen molar-refractivity contribution in [2.75, 3.05) is 7.11 Å². The average Bonchev–Trinajstić information content (AvgIpc) is 3.08. The molecular weight excluding hydrogens is 286 g/mol. The fourth-order valence-electron chi connectivity index (χ4n) is 2.19. The number of furan rings is 1. The van der Waals surface area contributed by atoms with Gasteiger partial charge in [0.15, 0.2) is 5.76 Å². The van der Waals surface area contributed by atoms with Gasteiger partial charge in [-0.25, -0.2) is 0 Å². The SMILES string of the molecule is COc1ccc2c(C)c(C(=O)NCc3nnc(C)o3)oc2c1. The lowest BCUT2D eigenvalue weighted by atomic mass is 10.1. The number of nitrogens with zero attached hydrogens (tertiary/aromatic N) is 2. The number of hydrogen-bond acceptors (Lipinski definition) is 6. The number of carbonyl (C=O) groups excluding carboxylic acids is 1. The first-order valence-corrected chi connectivity index (χ1v) is 6.73. The molecule has 0 aliphatic rings. The van der Waals surface area contributed by atoms with E-state index in [1.54, 1.807) is 20.1 Å². The summed E-state index contributed by atoms with van der Waals surface area (Å²) in [6.45, 7) is 3.68. The van der Waals surface area contributed by atoms with E-state index in [-0.39, 0.29) is 18.2 Å². The van der Waals surface area contributed by atoms with Gasteiger partial charge in [-0.05, 0) is 19.1 Å². The maximum atomic E-state index is 12.2. The fraction of sp³-hybridized carbons (Fsp3) is 0.267. The highest BCUT2D eigenvalue weighted by Crippen LogP contribution is 2.28. The Labute approximate surface area is 126 Å². The first-order valence-electron chi connectivity index (χ1n) is 6.73. The summed E-state index contributed by atoms with van der Waals surface area (Å²) in [7, 11) is 1.58. The zero-order valence-corrected chi connectivity index (χ0v) is 12.5. The zero-order valence-electron chi connectivity index (χ0n) is 12.5. The topological polar surface area (TPSA) is 90.4 Å². The van der Waals surface area contributed by atoms with Gasteiger partial charge in [0.2, 0.25) is 11.8 Å². The molecule has 0 spiro atoms. The third-order valence-electron chi connectivity index (χ3n) is 3.32. The van der Waals surface area contributed by atoms with Crippen LogP contribution < -0.4 is 10.1 Å². The van der Waals surface area contributed by atoms with Crippen LogP contribution in [-0.4, -0.2) is 23.2 Å². The normalized spacial score (nSPS) is 10.9. The number of fused-ring (bicyclic) bond motifs is 1. The quantitative estimate of drug-likeness (QED) is 0.795. The lowest BCUT2D eigenvalue weighted by Gasteiger charge is -2.00. The van der Waals surface area contributed by atoms with Gasteiger partial charge in [0.25, 0.3) is 5.91 Å². The smallest absolute Gasteiger partial charge is 0.287 e. The van der Waals surface area contributed by atoms with Crippen LogP contribution in [0.1, 0.15) is 27.9 Å². The maximum Gasteiger partial charge on any atom is 0.287 e. The average molecular weight is 301 g/mol. The number of aryl methyl sites for hydroxylation is 2. The third kappa shape index (κ3) is 2.52. The second-order valence-corrected chi connectivity index (χ2v) is 4.82. The van der Waals surface area contributed by atoms with Gasteiger partial charge in [0.05, 0.1) is 13.7 Å². The number of nitrogens with one attached hydrogen (secondary N) is 1. The predicted octanol–water partition coefficient (Wildman–Crippen LogP) is 2.37. The fourth-order valence-corrected chi connectivity index (χ4v) is 2.19. The molecule has 1 N–H and O–H groups in total. The van der Waals surface area contributed by atoms with Gasteiger partial charge in [0.1, 0.15) is 11.3 Å². The molecule has 7 nitrogen and oxygen atoms in total. The van der Waals surface area contributed by atoms with E-state index in [1.165, 1.54) is 0 Å². The molecule has 0 atom stereocenters. The van der Waals surface area contributed by atoms with Gasteiger partial charge < -0.3 is 18.9 Å². The Balaban J connectivity index is 1.82. The van der Waals surface area contributed by atoms with Gasteiger partial charge in [-0.1, -0.05) is 0 Å². The Morgan fingerprint density at radius 1 is 1.27 bits per heavy atom. The number of rotatable bonds is 4. The zero-order chi connectivity index (χ0) is 15.7. The molecule has 7 heteroatoms. The largest absolute Gasteiger partial charge is 0.497 e. The first kappa shape index (κ1) is 14.1. The molecule has 2 aromatic heterocycles. The lowest BCUT2D eigenvalue weighted by Crippen LogP contribution is -2.23. The highest BCUT2D eigenvalue weighted by Gasteiger charge is 2.18. The second kappa shape index (κ2) is 5.51. The molecule has 0 bridgehead atoms. The summed E-state index contributed by atoms with van der Waals surface area (Å²) in [5.74, 6) is 1.41. The minimum atomic E-state index is -0.330. The van der Waals surface area contributed by atoms with E-state index in [2.05, 4.69) is 15.5 Å². The van der Waals surface area contributed by atoms with Crippen LogP contribution in [0.25, 0.3) is 11.0 Å². The van der Waals surface area contributed by atoms with Gasteiger partial charge in [-0.15, -0.1) is 10.2 Å². The molecule has 0 saturated carbocycles. The molecule has 0 fully saturated rings. The second-order valence-electron chi connectivity index (χ2n) is 4.82. The highest BCUT2D eigenvalue weighted by atomic mass is 16.5. The third-order valence-corrected chi connectivity index (χ3v) is 3.32. The first-order chi connectivity index (χ1) is 10.6. The monoisotopic (exact) mass is 301 g/mol. The Morgan fingerprint density at radius 3 is 2.77 bits per heavy atom. The molecule has 2 heterocycles. The molecule has 114 valence electrons. The molecule has 0 aliphatic carbocycles. The van der Waals surface area contributed by atoms with Gasteiger partial charge in [-0.2, -0.15) is 0 Å². The van der Waals surface area contributed by atoms with Crippen molar-refractivity contribution in [3.8, 4) is 5.75 Å². The van der Waals surface area contributed by atoms with Crippen molar-refractivity contribution in [3.05, 3.63) is 41.3 Å². The van der Waals surface area contributed by atoms with Crippen molar-refractivity contribution < 1.29 is 18.4 Å². The Morgan fingerprint density at radius 2 is 2.09 bits per heavy atom. The number of benzene rings is 1. The van der Waals surface area contributed by atoms with Crippen LogP contribution in [0.2, 0.25) is 0 Å². The molecule has 0 aliphatic heterocycles. The lowest BCUT2D eigenvalue weighted by molar-refractivity contribution is 0.0920. The van der Waals surface area contributed by atoms with E-state index in [0.29, 0.717) is 23.1 Å².